The second-order valence-corrected chi connectivity index (χ2v) is 3.33. The molecular weight excluding hydrogens is 126 g/mol. The number of hydrogen-bond acceptors (Lipinski definition) is 2. The lowest BCUT2D eigenvalue weighted by Crippen LogP contribution is -2.39. The van der Waals surface area contributed by atoms with E-state index >= 15 is 0 Å². The Morgan fingerprint density at radius 3 is 2.90 bits per heavy atom. The Kier molecular flexibility index (Phi) is 3.16. The summed E-state index contributed by atoms with van der Waals surface area (Å²) in [7, 11) is 0. The molecule has 1 N–H and O–H groups in total. The quantitative estimate of drug-likeness (QED) is 0.623. The zero-order valence-corrected chi connectivity index (χ0v) is 6.89. The van der Waals surface area contributed by atoms with Gasteiger partial charge < -0.3 is 10.1 Å². The van der Waals surface area contributed by atoms with Crippen LogP contribution < -0.4 is 5.32 Å². The summed E-state index contributed by atoms with van der Waals surface area (Å²) in [5.41, 5.74) is 0. The molecule has 1 atom stereocenters. The molecule has 0 bridgehead atoms. The Balaban J connectivity index is 2.13. The molecule has 2 nitrogen and oxygen atoms in total. The zero-order valence-electron chi connectivity index (χ0n) is 6.89. The molecule has 0 aromatic carbocycles. The molecule has 1 aliphatic rings. The molecule has 0 aromatic heterocycles. The minimum Gasteiger partial charge on any atom is -0.376 e. The van der Waals surface area contributed by atoms with Crippen LogP contribution in [0.4, 0.5) is 0 Å². The number of morpholine rings is 1. The third-order valence-corrected chi connectivity index (χ3v) is 1.74. The molecule has 1 fully saturated rings. The molecule has 0 aromatic rings. The van der Waals surface area contributed by atoms with Gasteiger partial charge in [0.1, 0.15) is 0 Å². The molecule has 1 aliphatic heterocycles. The summed E-state index contributed by atoms with van der Waals surface area (Å²) in [6.07, 6.45) is 1.65. The molecule has 60 valence electrons. The maximum absolute atomic E-state index is 5.53. The lowest BCUT2D eigenvalue weighted by atomic mass is 10.1. The van der Waals surface area contributed by atoms with Gasteiger partial charge in [-0.25, -0.2) is 0 Å². The third-order valence-electron chi connectivity index (χ3n) is 1.74. The molecular formula is C8H17NO. The molecule has 10 heavy (non-hydrogen) atoms. The van der Waals surface area contributed by atoms with Crippen molar-refractivity contribution in [3.63, 3.8) is 0 Å². The molecule has 0 radical (unpaired) electrons. The van der Waals surface area contributed by atoms with Crippen LogP contribution in [-0.2, 0) is 4.74 Å². The fourth-order valence-corrected chi connectivity index (χ4v) is 1.30. The summed E-state index contributed by atoms with van der Waals surface area (Å²) in [5, 5.41) is 3.32. The zero-order chi connectivity index (χ0) is 7.40. The fourth-order valence-electron chi connectivity index (χ4n) is 1.30. The fraction of sp³-hybridized carbons (Fsp3) is 1.00. The number of hydrogen-bond donors (Lipinski definition) is 1. The van der Waals surface area contributed by atoms with Gasteiger partial charge in [-0.15, -0.1) is 0 Å². The van der Waals surface area contributed by atoms with Crippen molar-refractivity contribution in [3.05, 3.63) is 0 Å². The Labute approximate surface area is 63.0 Å². The van der Waals surface area contributed by atoms with Gasteiger partial charge in [-0.05, 0) is 12.3 Å². The van der Waals surface area contributed by atoms with Gasteiger partial charge in [-0.1, -0.05) is 13.8 Å². The first-order chi connectivity index (χ1) is 4.79. The summed E-state index contributed by atoms with van der Waals surface area (Å²) < 4.78 is 5.53. The van der Waals surface area contributed by atoms with Crippen molar-refractivity contribution in [1.82, 2.24) is 5.32 Å². The van der Waals surface area contributed by atoms with Gasteiger partial charge in [-0.3, -0.25) is 0 Å². The molecule has 0 saturated carbocycles. The van der Waals surface area contributed by atoms with Gasteiger partial charge in [0, 0.05) is 13.1 Å². The standard InChI is InChI=1S/C8H17NO/c1-7(2)5-8-6-9-3-4-10-8/h7-9H,3-6H2,1-2H3/t8-/m1/s1. The highest BCUT2D eigenvalue weighted by molar-refractivity contribution is 4.67. The Hall–Kier alpha value is -0.0800. The predicted molar refractivity (Wildman–Crippen MR) is 42.1 cm³/mol. The van der Waals surface area contributed by atoms with E-state index in [9.17, 15) is 0 Å². The topological polar surface area (TPSA) is 21.3 Å². The summed E-state index contributed by atoms with van der Waals surface area (Å²) in [6.45, 7) is 7.42. The number of ether oxygens (including phenoxy) is 1. The van der Waals surface area contributed by atoms with E-state index in [4.69, 9.17) is 4.74 Å². The largest absolute Gasteiger partial charge is 0.376 e. The van der Waals surface area contributed by atoms with Crippen LogP contribution in [0.2, 0.25) is 0 Å². The van der Waals surface area contributed by atoms with Gasteiger partial charge in [0.25, 0.3) is 0 Å². The Bertz CT molecular complexity index is 87.3. The average Bonchev–Trinajstić information content (AvgIpc) is 1.88. The van der Waals surface area contributed by atoms with E-state index in [-0.39, 0.29) is 0 Å². The molecule has 2 heteroatoms. The van der Waals surface area contributed by atoms with E-state index < -0.39 is 0 Å². The predicted octanol–water partition coefficient (Wildman–Crippen LogP) is 1.02. The normalized spacial score (nSPS) is 27.3. The lowest BCUT2D eigenvalue weighted by molar-refractivity contribution is 0.0163. The second kappa shape index (κ2) is 3.94. The van der Waals surface area contributed by atoms with E-state index in [0.717, 1.165) is 25.6 Å². The maximum atomic E-state index is 5.53. The summed E-state index contributed by atoms with van der Waals surface area (Å²) >= 11 is 0. The van der Waals surface area contributed by atoms with E-state index in [1.165, 1.54) is 6.42 Å². The number of rotatable bonds is 2. The molecule has 0 aliphatic carbocycles. The van der Waals surface area contributed by atoms with Crippen LogP contribution >= 0.6 is 0 Å². The van der Waals surface area contributed by atoms with Crippen molar-refractivity contribution in [1.29, 1.82) is 0 Å². The van der Waals surface area contributed by atoms with Crippen LogP contribution in [0, 0.1) is 5.92 Å². The van der Waals surface area contributed by atoms with Gasteiger partial charge in [0.05, 0.1) is 12.7 Å². The van der Waals surface area contributed by atoms with E-state index in [0.29, 0.717) is 6.10 Å². The second-order valence-electron chi connectivity index (χ2n) is 3.33. The molecule has 0 amide bonds. The van der Waals surface area contributed by atoms with Crippen molar-refractivity contribution in [2.24, 2.45) is 5.92 Å². The highest BCUT2D eigenvalue weighted by Crippen LogP contribution is 2.08. The third kappa shape index (κ3) is 2.67. The van der Waals surface area contributed by atoms with E-state index in [2.05, 4.69) is 19.2 Å². The monoisotopic (exact) mass is 143 g/mol. The van der Waals surface area contributed by atoms with Crippen LogP contribution in [0.5, 0.6) is 0 Å². The van der Waals surface area contributed by atoms with Crippen molar-refractivity contribution in [2.75, 3.05) is 19.7 Å². The van der Waals surface area contributed by atoms with Crippen molar-refractivity contribution < 1.29 is 4.74 Å². The van der Waals surface area contributed by atoms with Crippen LogP contribution in [-0.4, -0.2) is 25.8 Å². The highest BCUT2D eigenvalue weighted by Gasteiger charge is 2.13. The first-order valence-corrected chi connectivity index (χ1v) is 4.11. The van der Waals surface area contributed by atoms with Crippen LogP contribution in [0.25, 0.3) is 0 Å². The molecule has 1 rings (SSSR count). The SMILES string of the molecule is CC(C)C[C@@H]1CNCCO1. The van der Waals surface area contributed by atoms with Gasteiger partial charge in [0.2, 0.25) is 0 Å². The summed E-state index contributed by atoms with van der Waals surface area (Å²) in [4.78, 5) is 0. The minimum atomic E-state index is 0.466. The molecule has 0 spiro atoms. The number of nitrogens with one attached hydrogen (secondary N) is 1. The smallest absolute Gasteiger partial charge is 0.0702 e. The first-order valence-electron chi connectivity index (χ1n) is 4.11. The molecule has 1 saturated heterocycles. The van der Waals surface area contributed by atoms with Crippen molar-refractivity contribution >= 4 is 0 Å². The molecule has 1 heterocycles. The average molecular weight is 143 g/mol. The van der Waals surface area contributed by atoms with Crippen molar-refractivity contribution in [3.8, 4) is 0 Å². The van der Waals surface area contributed by atoms with E-state index in [1.807, 2.05) is 0 Å². The molecule has 0 unspecified atom stereocenters. The maximum Gasteiger partial charge on any atom is 0.0702 e. The minimum absolute atomic E-state index is 0.466. The first kappa shape index (κ1) is 8.02. The Morgan fingerprint density at radius 2 is 2.40 bits per heavy atom. The van der Waals surface area contributed by atoms with Crippen LogP contribution in [0.1, 0.15) is 20.3 Å². The van der Waals surface area contributed by atoms with Crippen LogP contribution in [0.3, 0.4) is 0 Å². The summed E-state index contributed by atoms with van der Waals surface area (Å²) in [6, 6.07) is 0. The highest BCUT2D eigenvalue weighted by atomic mass is 16.5. The van der Waals surface area contributed by atoms with Gasteiger partial charge >= 0.3 is 0 Å². The van der Waals surface area contributed by atoms with Gasteiger partial charge in [0.15, 0.2) is 0 Å². The van der Waals surface area contributed by atoms with Crippen molar-refractivity contribution in [2.45, 2.75) is 26.4 Å². The van der Waals surface area contributed by atoms with Gasteiger partial charge in [-0.2, -0.15) is 0 Å². The summed E-state index contributed by atoms with van der Waals surface area (Å²) in [5.74, 6) is 0.755. The van der Waals surface area contributed by atoms with E-state index in [1.54, 1.807) is 0 Å². The Morgan fingerprint density at radius 1 is 1.60 bits per heavy atom. The van der Waals surface area contributed by atoms with Crippen LogP contribution in [0.15, 0.2) is 0 Å². The lowest BCUT2D eigenvalue weighted by Gasteiger charge is -2.24.